The first-order chi connectivity index (χ1) is 6.72. The highest BCUT2D eigenvalue weighted by atomic mass is 35.5. The van der Waals surface area contributed by atoms with Crippen LogP contribution in [0.2, 0.25) is 5.02 Å². The number of carbonyl (C=O) groups is 1. The molecule has 0 saturated heterocycles. The van der Waals surface area contributed by atoms with Crippen molar-refractivity contribution in [3.05, 3.63) is 23.4 Å². The van der Waals surface area contributed by atoms with Crippen LogP contribution in [0.5, 0.6) is 0 Å². The van der Waals surface area contributed by atoms with Crippen molar-refractivity contribution in [3.63, 3.8) is 0 Å². The molecule has 1 rings (SSSR count). The first-order valence-corrected chi connectivity index (χ1v) is 5.11. The summed E-state index contributed by atoms with van der Waals surface area (Å²) in [5, 5.41) is 3.18. The Balaban J connectivity index is 2.44. The van der Waals surface area contributed by atoms with Gasteiger partial charge in [0.25, 0.3) is 0 Å². The molecule has 3 nitrogen and oxygen atoms in total. The van der Waals surface area contributed by atoms with E-state index >= 15 is 0 Å². The van der Waals surface area contributed by atoms with Crippen molar-refractivity contribution in [1.82, 2.24) is 4.98 Å². The smallest absolute Gasteiger partial charge is 0.225 e. The second kappa shape index (κ2) is 5.83. The molecule has 76 valence electrons. The van der Waals surface area contributed by atoms with E-state index in [9.17, 15) is 4.79 Å². The van der Waals surface area contributed by atoms with Gasteiger partial charge in [-0.1, -0.05) is 11.6 Å². The second-order valence-corrected chi connectivity index (χ2v) is 3.52. The zero-order valence-corrected chi connectivity index (χ0v) is 8.98. The number of amides is 1. The minimum absolute atomic E-state index is 0.0829. The highest BCUT2D eigenvalue weighted by Gasteiger charge is 2.01. The SMILES string of the molecule is O=C(CCCCl)Nc1ccc(Cl)cn1. The van der Waals surface area contributed by atoms with Gasteiger partial charge in [0.1, 0.15) is 5.82 Å². The predicted molar refractivity (Wildman–Crippen MR) is 57.8 cm³/mol. The van der Waals surface area contributed by atoms with E-state index in [2.05, 4.69) is 10.3 Å². The number of pyridine rings is 1. The van der Waals surface area contributed by atoms with Crippen LogP contribution in [-0.2, 0) is 4.79 Å². The third-order valence-corrected chi connectivity index (χ3v) is 2.02. The lowest BCUT2D eigenvalue weighted by Crippen LogP contribution is -2.12. The first-order valence-electron chi connectivity index (χ1n) is 4.20. The highest BCUT2D eigenvalue weighted by Crippen LogP contribution is 2.09. The summed E-state index contributed by atoms with van der Waals surface area (Å²) in [5.41, 5.74) is 0. The standard InChI is InChI=1S/C9H10Cl2N2O/c10-5-1-2-9(14)13-8-4-3-7(11)6-12-8/h3-4,6H,1-2,5H2,(H,12,13,14). The van der Waals surface area contributed by atoms with Gasteiger partial charge < -0.3 is 5.32 Å². The van der Waals surface area contributed by atoms with Crippen molar-refractivity contribution in [2.24, 2.45) is 0 Å². The van der Waals surface area contributed by atoms with Gasteiger partial charge in [-0.15, -0.1) is 11.6 Å². The molecule has 5 heteroatoms. The summed E-state index contributed by atoms with van der Waals surface area (Å²) >= 11 is 11.1. The molecule has 0 saturated carbocycles. The predicted octanol–water partition coefficient (Wildman–Crippen LogP) is 2.69. The fourth-order valence-corrected chi connectivity index (χ4v) is 1.13. The first kappa shape index (κ1) is 11.3. The third-order valence-electron chi connectivity index (χ3n) is 1.53. The van der Waals surface area contributed by atoms with Crippen LogP contribution in [0, 0.1) is 0 Å². The van der Waals surface area contributed by atoms with E-state index in [0.29, 0.717) is 29.6 Å². The lowest BCUT2D eigenvalue weighted by atomic mass is 10.3. The van der Waals surface area contributed by atoms with E-state index in [1.807, 2.05) is 0 Å². The quantitative estimate of drug-likeness (QED) is 0.812. The van der Waals surface area contributed by atoms with Crippen molar-refractivity contribution in [1.29, 1.82) is 0 Å². The molecule has 0 aliphatic heterocycles. The second-order valence-electron chi connectivity index (χ2n) is 2.70. The third kappa shape index (κ3) is 3.94. The van der Waals surface area contributed by atoms with Gasteiger partial charge in [0.05, 0.1) is 5.02 Å². The summed E-state index contributed by atoms with van der Waals surface area (Å²) < 4.78 is 0. The maximum absolute atomic E-state index is 11.2. The average molecular weight is 233 g/mol. The fraction of sp³-hybridized carbons (Fsp3) is 0.333. The summed E-state index contributed by atoms with van der Waals surface area (Å²) in [7, 11) is 0. The lowest BCUT2D eigenvalue weighted by Gasteiger charge is -2.02. The van der Waals surface area contributed by atoms with Crippen molar-refractivity contribution < 1.29 is 4.79 Å². The van der Waals surface area contributed by atoms with Crippen LogP contribution < -0.4 is 5.32 Å². The number of halogens is 2. The number of hydrogen-bond acceptors (Lipinski definition) is 2. The molecular weight excluding hydrogens is 223 g/mol. The molecule has 0 aromatic carbocycles. The molecule has 0 unspecified atom stereocenters. The summed E-state index contributed by atoms with van der Waals surface area (Å²) in [6.45, 7) is 0. The molecule has 1 amide bonds. The monoisotopic (exact) mass is 232 g/mol. The molecule has 1 N–H and O–H groups in total. The maximum atomic E-state index is 11.2. The van der Waals surface area contributed by atoms with E-state index in [1.54, 1.807) is 12.1 Å². The Morgan fingerprint density at radius 2 is 2.29 bits per heavy atom. The molecule has 1 aromatic rings. The summed E-state index contributed by atoms with van der Waals surface area (Å²) in [4.78, 5) is 15.1. The summed E-state index contributed by atoms with van der Waals surface area (Å²) in [6, 6.07) is 3.33. The minimum atomic E-state index is -0.0829. The number of hydrogen-bond donors (Lipinski definition) is 1. The van der Waals surface area contributed by atoms with Crippen LogP contribution in [0.15, 0.2) is 18.3 Å². The number of aromatic nitrogens is 1. The Morgan fingerprint density at radius 1 is 1.50 bits per heavy atom. The van der Waals surface area contributed by atoms with E-state index in [4.69, 9.17) is 23.2 Å². The molecular formula is C9H10Cl2N2O. The van der Waals surface area contributed by atoms with Crippen molar-refractivity contribution >= 4 is 34.9 Å². The Hall–Kier alpha value is -0.800. The Labute approximate surface area is 92.4 Å². The number of rotatable bonds is 4. The largest absolute Gasteiger partial charge is 0.311 e. The van der Waals surface area contributed by atoms with Gasteiger partial charge in [0.2, 0.25) is 5.91 Å². The molecule has 14 heavy (non-hydrogen) atoms. The molecule has 0 fully saturated rings. The van der Waals surface area contributed by atoms with Crippen LogP contribution in [0.1, 0.15) is 12.8 Å². The van der Waals surface area contributed by atoms with Gasteiger partial charge in [-0.05, 0) is 18.6 Å². The number of carbonyl (C=O) groups excluding carboxylic acids is 1. The van der Waals surface area contributed by atoms with Crippen molar-refractivity contribution in [3.8, 4) is 0 Å². The van der Waals surface area contributed by atoms with Crippen LogP contribution in [0.25, 0.3) is 0 Å². The summed E-state index contributed by atoms with van der Waals surface area (Å²) in [5.74, 6) is 0.913. The molecule has 1 heterocycles. The molecule has 0 atom stereocenters. The van der Waals surface area contributed by atoms with Gasteiger partial charge >= 0.3 is 0 Å². The van der Waals surface area contributed by atoms with Gasteiger partial charge in [0, 0.05) is 18.5 Å². The highest BCUT2D eigenvalue weighted by molar-refractivity contribution is 6.30. The zero-order chi connectivity index (χ0) is 10.4. The fourth-order valence-electron chi connectivity index (χ4n) is 0.882. The molecule has 0 bridgehead atoms. The molecule has 0 spiro atoms. The van der Waals surface area contributed by atoms with E-state index in [1.165, 1.54) is 6.20 Å². The topological polar surface area (TPSA) is 42.0 Å². The Bertz CT molecular complexity index is 300. The average Bonchev–Trinajstić information content (AvgIpc) is 2.18. The van der Waals surface area contributed by atoms with Crippen molar-refractivity contribution in [2.45, 2.75) is 12.8 Å². The minimum Gasteiger partial charge on any atom is -0.311 e. The van der Waals surface area contributed by atoms with Crippen LogP contribution >= 0.6 is 23.2 Å². The van der Waals surface area contributed by atoms with Gasteiger partial charge in [-0.2, -0.15) is 0 Å². The zero-order valence-electron chi connectivity index (χ0n) is 7.46. The number of alkyl halides is 1. The molecule has 0 aliphatic rings. The number of nitrogens with zero attached hydrogens (tertiary/aromatic N) is 1. The molecule has 0 radical (unpaired) electrons. The Kier molecular flexibility index (Phi) is 4.70. The van der Waals surface area contributed by atoms with E-state index < -0.39 is 0 Å². The van der Waals surface area contributed by atoms with E-state index in [-0.39, 0.29) is 5.91 Å². The van der Waals surface area contributed by atoms with Crippen LogP contribution in [0.3, 0.4) is 0 Å². The van der Waals surface area contributed by atoms with E-state index in [0.717, 1.165) is 0 Å². The number of anilines is 1. The maximum Gasteiger partial charge on any atom is 0.225 e. The normalized spacial score (nSPS) is 9.86. The lowest BCUT2D eigenvalue weighted by molar-refractivity contribution is -0.116. The molecule has 1 aromatic heterocycles. The van der Waals surface area contributed by atoms with Gasteiger partial charge in [-0.3, -0.25) is 4.79 Å². The van der Waals surface area contributed by atoms with Gasteiger partial charge in [0.15, 0.2) is 0 Å². The number of nitrogens with one attached hydrogen (secondary N) is 1. The Morgan fingerprint density at radius 3 is 2.86 bits per heavy atom. The molecule has 0 aliphatic carbocycles. The summed E-state index contributed by atoms with van der Waals surface area (Å²) in [6.07, 6.45) is 2.56. The van der Waals surface area contributed by atoms with Gasteiger partial charge in [-0.25, -0.2) is 4.98 Å². The van der Waals surface area contributed by atoms with Crippen LogP contribution in [0.4, 0.5) is 5.82 Å². The van der Waals surface area contributed by atoms with Crippen LogP contribution in [-0.4, -0.2) is 16.8 Å². The van der Waals surface area contributed by atoms with Crippen molar-refractivity contribution in [2.75, 3.05) is 11.2 Å².